The molecule has 22 heavy (non-hydrogen) atoms. The molecule has 0 aliphatic carbocycles. The van der Waals surface area contributed by atoms with Crippen LogP contribution in [0.25, 0.3) is 0 Å². The number of hydrogen-bond acceptors (Lipinski definition) is 4. The van der Waals surface area contributed by atoms with Crippen molar-refractivity contribution in [1.82, 2.24) is 4.31 Å². The molecule has 0 atom stereocenters. The van der Waals surface area contributed by atoms with E-state index in [1.54, 1.807) is 12.1 Å². The minimum atomic E-state index is -3.19. The fraction of sp³-hybridized carbons (Fsp3) is 0.533. The summed E-state index contributed by atoms with van der Waals surface area (Å²) < 4.78 is 30.8. The van der Waals surface area contributed by atoms with Crippen molar-refractivity contribution < 1.29 is 17.9 Å². The first kappa shape index (κ1) is 15.8. The van der Waals surface area contributed by atoms with Crippen molar-refractivity contribution in [3.8, 4) is 5.75 Å². The zero-order valence-corrected chi connectivity index (χ0v) is 14.1. The number of hydrogen-bond donors (Lipinski definition) is 0. The van der Waals surface area contributed by atoms with Crippen LogP contribution in [-0.4, -0.2) is 43.5 Å². The normalized spacial score (nSPS) is 21.5. The molecule has 3 rings (SSSR count). The number of benzene rings is 1. The number of nitrogens with zero attached hydrogens (tertiary/aromatic N) is 1. The molecule has 7 heteroatoms. The van der Waals surface area contributed by atoms with E-state index < -0.39 is 15.6 Å². The lowest BCUT2D eigenvalue weighted by molar-refractivity contribution is 0.00599. The maximum atomic E-state index is 12.4. The van der Waals surface area contributed by atoms with Gasteiger partial charge in [0.25, 0.3) is 0 Å². The summed E-state index contributed by atoms with van der Waals surface area (Å²) in [6.45, 7) is 2.63. The molecule has 0 N–H and O–H groups in total. The molecule has 1 aromatic rings. The van der Waals surface area contributed by atoms with Gasteiger partial charge < -0.3 is 4.74 Å². The Morgan fingerprint density at radius 1 is 1.27 bits per heavy atom. The van der Waals surface area contributed by atoms with Crippen molar-refractivity contribution in [3.05, 3.63) is 28.3 Å². The highest BCUT2D eigenvalue weighted by molar-refractivity contribution is 7.88. The third-order valence-electron chi connectivity index (χ3n) is 4.47. The first-order chi connectivity index (χ1) is 10.2. The van der Waals surface area contributed by atoms with Crippen molar-refractivity contribution in [3.63, 3.8) is 0 Å². The lowest BCUT2D eigenvalue weighted by atomic mass is 9.83. The highest BCUT2D eigenvalue weighted by Crippen LogP contribution is 2.41. The number of aryl methyl sites for hydroxylation is 1. The van der Waals surface area contributed by atoms with Gasteiger partial charge in [-0.3, -0.25) is 4.79 Å². The van der Waals surface area contributed by atoms with Crippen molar-refractivity contribution in [2.75, 3.05) is 19.3 Å². The molecular formula is C15H18ClNO4S. The van der Waals surface area contributed by atoms with Crippen LogP contribution in [0.1, 0.15) is 35.2 Å². The molecule has 0 radical (unpaired) electrons. The molecule has 2 aliphatic heterocycles. The molecular weight excluding hydrogens is 326 g/mol. The van der Waals surface area contributed by atoms with Crippen LogP contribution in [0.4, 0.5) is 0 Å². The smallest absolute Gasteiger partial charge is 0.211 e. The summed E-state index contributed by atoms with van der Waals surface area (Å²) in [4.78, 5) is 12.4. The van der Waals surface area contributed by atoms with Gasteiger partial charge in [0.05, 0.1) is 18.2 Å². The summed E-state index contributed by atoms with van der Waals surface area (Å²) in [7, 11) is -3.19. The van der Waals surface area contributed by atoms with Gasteiger partial charge in [-0.15, -0.1) is 0 Å². The molecule has 0 unspecified atom stereocenters. The fourth-order valence-electron chi connectivity index (χ4n) is 3.12. The summed E-state index contributed by atoms with van der Waals surface area (Å²) >= 11 is 6.08. The number of piperidine rings is 1. The van der Waals surface area contributed by atoms with Gasteiger partial charge in [0.15, 0.2) is 5.78 Å². The third-order valence-corrected chi connectivity index (χ3v) is 6.18. The Bertz CT molecular complexity index is 736. The highest BCUT2D eigenvalue weighted by Gasteiger charge is 2.44. The van der Waals surface area contributed by atoms with E-state index in [-0.39, 0.29) is 12.2 Å². The summed E-state index contributed by atoms with van der Waals surface area (Å²) in [6.07, 6.45) is 2.52. The van der Waals surface area contributed by atoms with Gasteiger partial charge in [0.1, 0.15) is 11.4 Å². The molecule has 0 bridgehead atoms. The lowest BCUT2D eigenvalue weighted by Gasteiger charge is -2.43. The Labute approximate surface area is 135 Å². The van der Waals surface area contributed by atoms with Gasteiger partial charge in [0, 0.05) is 31.0 Å². The molecule has 0 aromatic heterocycles. The van der Waals surface area contributed by atoms with Crippen LogP contribution in [0.2, 0.25) is 5.02 Å². The molecule has 2 aliphatic rings. The van der Waals surface area contributed by atoms with E-state index in [1.165, 1.54) is 10.6 Å². The monoisotopic (exact) mass is 343 g/mol. The van der Waals surface area contributed by atoms with Gasteiger partial charge in [0.2, 0.25) is 10.0 Å². The second-order valence-electron chi connectivity index (χ2n) is 6.14. The van der Waals surface area contributed by atoms with E-state index in [2.05, 4.69) is 0 Å². The number of ether oxygens (including phenoxy) is 1. The number of carbonyl (C=O) groups is 1. The number of ketones is 1. The minimum absolute atomic E-state index is 0.0101. The third kappa shape index (κ3) is 2.75. The molecule has 1 saturated heterocycles. The highest BCUT2D eigenvalue weighted by atomic mass is 35.5. The van der Waals surface area contributed by atoms with Crippen LogP contribution in [-0.2, 0) is 10.0 Å². The number of Topliss-reactive ketones (excluding diaryl/α,β-unsaturated/α-hetero) is 1. The number of halogens is 1. The Hall–Kier alpha value is -1.11. The number of fused-ring (bicyclic) bond motifs is 1. The Morgan fingerprint density at radius 2 is 1.91 bits per heavy atom. The minimum Gasteiger partial charge on any atom is -0.486 e. The van der Waals surface area contributed by atoms with Crippen LogP contribution in [0.15, 0.2) is 12.1 Å². The van der Waals surface area contributed by atoms with Gasteiger partial charge in [-0.05, 0) is 24.6 Å². The van der Waals surface area contributed by atoms with Crippen LogP contribution >= 0.6 is 11.6 Å². The average molecular weight is 344 g/mol. The first-order valence-corrected chi connectivity index (χ1v) is 9.40. The van der Waals surface area contributed by atoms with Crippen LogP contribution in [0, 0.1) is 6.92 Å². The van der Waals surface area contributed by atoms with E-state index in [0.717, 1.165) is 5.56 Å². The largest absolute Gasteiger partial charge is 0.486 e. The van der Waals surface area contributed by atoms with Crippen molar-refractivity contribution in [2.45, 2.75) is 31.8 Å². The number of sulfonamides is 1. The lowest BCUT2D eigenvalue weighted by Crippen LogP contribution is -2.52. The predicted octanol–water partition coefficient (Wildman–Crippen LogP) is 2.41. The molecule has 2 heterocycles. The topological polar surface area (TPSA) is 63.7 Å². The van der Waals surface area contributed by atoms with Crippen molar-refractivity contribution in [2.24, 2.45) is 0 Å². The van der Waals surface area contributed by atoms with Crippen LogP contribution in [0.3, 0.4) is 0 Å². The van der Waals surface area contributed by atoms with E-state index in [0.29, 0.717) is 42.3 Å². The van der Waals surface area contributed by atoms with E-state index in [1.807, 2.05) is 6.92 Å². The fourth-order valence-corrected chi connectivity index (χ4v) is 4.13. The number of carbonyl (C=O) groups excluding carboxylic acids is 1. The number of rotatable bonds is 1. The molecule has 1 fully saturated rings. The Kier molecular flexibility index (Phi) is 3.74. The first-order valence-electron chi connectivity index (χ1n) is 7.18. The van der Waals surface area contributed by atoms with Gasteiger partial charge >= 0.3 is 0 Å². The van der Waals surface area contributed by atoms with Gasteiger partial charge in [-0.2, -0.15) is 0 Å². The quantitative estimate of drug-likeness (QED) is 0.785. The maximum Gasteiger partial charge on any atom is 0.211 e. The molecule has 120 valence electrons. The van der Waals surface area contributed by atoms with E-state index in [4.69, 9.17) is 16.3 Å². The summed E-state index contributed by atoms with van der Waals surface area (Å²) in [5, 5.41) is 0.554. The predicted molar refractivity (Wildman–Crippen MR) is 84.1 cm³/mol. The summed E-state index contributed by atoms with van der Waals surface area (Å²) in [5.41, 5.74) is 0.788. The summed E-state index contributed by atoms with van der Waals surface area (Å²) in [5.74, 6) is 0.571. The van der Waals surface area contributed by atoms with Crippen LogP contribution in [0.5, 0.6) is 5.75 Å². The van der Waals surface area contributed by atoms with Crippen molar-refractivity contribution >= 4 is 27.4 Å². The van der Waals surface area contributed by atoms with Crippen LogP contribution < -0.4 is 4.74 Å². The molecule has 5 nitrogen and oxygen atoms in total. The van der Waals surface area contributed by atoms with E-state index in [9.17, 15) is 13.2 Å². The van der Waals surface area contributed by atoms with Crippen molar-refractivity contribution in [1.29, 1.82) is 0 Å². The van der Waals surface area contributed by atoms with E-state index >= 15 is 0 Å². The molecule has 1 spiro atoms. The average Bonchev–Trinajstić information content (AvgIpc) is 2.41. The zero-order valence-electron chi connectivity index (χ0n) is 12.6. The standard InChI is InChI=1S/C15H18ClNO4S/c1-10-7-14-11(8-12(10)16)13(18)9-15(21-14)3-5-17(6-4-15)22(2,19)20/h7-8H,3-6,9H2,1-2H3. The summed E-state index contributed by atoms with van der Waals surface area (Å²) in [6, 6.07) is 3.45. The maximum absolute atomic E-state index is 12.4. The van der Waals surface area contributed by atoms with Gasteiger partial charge in [-0.25, -0.2) is 12.7 Å². The molecule has 0 amide bonds. The second kappa shape index (κ2) is 5.22. The second-order valence-corrected chi connectivity index (χ2v) is 8.53. The SMILES string of the molecule is Cc1cc2c(cc1Cl)C(=O)CC1(CCN(S(C)(=O)=O)CC1)O2. The Balaban J connectivity index is 1.87. The van der Waals surface area contributed by atoms with Gasteiger partial charge in [-0.1, -0.05) is 11.6 Å². The molecule has 0 saturated carbocycles. The zero-order chi connectivity index (χ0) is 16.1. The molecule has 1 aromatic carbocycles. The Morgan fingerprint density at radius 3 is 2.50 bits per heavy atom.